The highest BCUT2D eigenvalue weighted by molar-refractivity contribution is 6.33. The van der Waals surface area contributed by atoms with Gasteiger partial charge in [-0.15, -0.1) is 0 Å². The number of pyridine rings is 1. The Morgan fingerprint density at radius 2 is 1.96 bits per heavy atom. The Labute approximate surface area is 168 Å². The fourth-order valence-electron chi connectivity index (χ4n) is 4.47. The second-order valence-electron chi connectivity index (χ2n) is 7.74. The van der Waals surface area contributed by atoms with E-state index >= 15 is 0 Å². The lowest BCUT2D eigenvalue weighted by Crippen LogP contribution is -2.05. The fourth-order valence-corrected chi connectivity index (χ4v) is 4.63. The molecule has 3 heterocycles. The molecule has 0 aliphatic heterocycles. The summed E-state index contributed by atoms with van der Waals surface area (Å²) in [5.74, 6) is 1.13. The van der Waals surface area contributed by atoms with Crippen molar-refractivity contribution in [2.75, 3.05) is 5.73 Å². The van der Waals surface area contributed by atoms with Gasteiger partial charge >= 0.3 is 0 Å². The van der Waals surface area contributed by atoms with Gasteiger partial charge in [-0.25, -0.2) is 9.97 Å². The van der Waals surface area contributed by atoms with Crippen molar-refractivity contribution in [3.8, 4) is 0 Å². The van der Waals surface area contributed by atoms with Gasteiger partial charge < -0.3 is 10.3 Å². The quantitative estimate of drug-likeness (QED) is 0.519. The first-order valence-electron chi connectivity index (χ1n) is 9.79. The summed E-state index contributed by atoms with van der Waals surface area (Å²) in [6.07, 6.45) is 11.6. The maximum absolute atomic E-state index is 6.07. The Balaban J connectivity index is 1.26. The van der Waals surface area contributed by atoms with Crippen molar-refractivity contribution in [1.29, 1.82) is 0 Å². The normalized spacial score (nSPS) is 19.6. The summed E-state index contributed by atoms with van der Waals surface area (Å²) in [5, 5.41) is 1.55. The van der Waals surface area contributed by atoms with Crippen LogP contribution in [0.2, 0.25) is 5.02 Å². The van der Waals surface area contributed by atoms with E-state index in [9.17, 15) is 0 Å². The number of nitrogen functional groups attached to an aromatic ring is 1. The minimum absolute atomic E-state index is 0.395. The zero-order valence-corrected chi connectivity index (χ0v) is 16.3. The number of nitrogens with zero attached hydrogens (tertiary/aromatic N) is 4. The Bertz CT molecular complexity index is 1150. The number of halogens is 1. The number of nitrogens with two attached hydrogens (primary N) is 1. The number of benzene rings is 1. The van der Waals surface area contributed by atoms with E-state index in [1.807, 2.05) is 6.07 Å². The Morgan fingerprint density at radius 3 is 2.89 bits per heavy atom. The number of hydrogen-bond donors (Lipinski definition) is 1. The van der Waals surface area contributed by atoms with Crippen molar-refractivity contribution in [1.82, 2.24) is 19.5 Å². The topological polar surface area (TPSA) is 69.6 Å². The van der Waals surface area contributed by atoms with Gasteiger partial charge in [-0.05, 0) is 61.8 Å². The number of hydrogen-bond acceptors (Lipinski definition) is 4. The van der Waals surface area contributed by atoms with Crippen LogP contribution in [-0.4, -0.2) is 19.5 Å². The maximum Gasteiger partial charge on any atom is 0.158 e. The van der Waals surface area contributed by atoms with E-state index in [-0.39, 0.29) is 0 Å². The third kappa shape index (κ3) is 3.20. The first kappa shape index (κ1) is 17.4. The molecular formula is C22H22ClN5. The van der Waals surface area contributed by atoms with Gasteiger partial charge in [0.25, 0.3) is 0 Å². The number of rotatable bonds is 4. The van der Waals surface area contributed by atoms with Crippen LogP contribution in [0.3, 0.4) is 0 Å². The molecule has 142 valence electrons. The molecule has 4 aromatic rings. The predicted molar refractivity (Wildman–Crippen MR) is 113 cm³/mol. The third-order valence-electron chi connectivity index (χ3n) is 5.95. The molecule has 0 radical (unpaired) electrons. The molecule has 3 aromatic heterocycles. The molecule has 0 saturated heterocycles. The molecule has 1 fully saturated rings. The van der Waals surface area contributed by atoms with E-state index in [1.165, 1.54) is 31.2 Å². The van der Waals surface area contributed by atoms with Crippen LogP contribution in [0.25, 0.3) is 22.1 Å². The van der Waals surface area contributed by atoms with Gasteiger partial charge in [0.15, 0.2) is 5.65 Å². The van der Waals surface area contributed by atoms with Crippen LogP contribution in [0.1, 0.15) is 37.3 Å². The van der Waals surface area contributed by atoms with E-state index in [4.69, 9.17) is 17.3 Å². The lowest BCUT2D eigenvalue weighted by Gasteiger charge is -2.14. The van der Waals surface area contributed by atoms with Crippen molar-refractivity contribution in [3.05, 3.63) is 59.5 Å². The zero-order chi connectivity index (χ0) is 19.1. The summed E-state index contributed by atoms with van der Waals surface area (Å²) in [7, 11) is 0. The van der Waals surface area contributed by atoms with Gasteiger partial charge in [-0.2, -0.15) is 0 Å². The number of anilines is 1. The highest BCUT2D eigenvalue weighted by Gasteiger charge is 2.26. The average Bonchev–Trinajstić information content (AvgIpc) is 3.34. The van der Waals surface area contributed by atoms with Crippen LogP contribution >= 0.6 is 11.6 Å². The van der Waals surface area contributed by atoms with Crippen LogP contribution in [0.5, 0.6) is 0 Å². The molecule has 1 saturated carbocycles. The van der Waals surface area contributed by atoms with E-state index in [2.05, 4.69) is 50.0 Å². The van der Waals surface area contributed by atoms with Crippen LogP contribution < -0.4 is 5.73 Å². The molecule has 2 unspecified atom stereocenters. The lowest BCUT2D eigenvalue weighted by atomic mass is 9.97. The summed E-state index contributed by atoms with van der Waals surface area (Å²) >= 11 is 6.07. The summed E-state index contributed by atoms with van der Waals surface area (Å²) in [6.45, 7) is 0. The van der Waals surface area contributed by atoms with Crippen LogP contribution in [0.15, 0.2) is 48.9 Å². The van der Waals surface area contributed by atoms with Crippen molar-refractivity contribution >= 4 is 39.5 Å². The van der Waals surface area contributed by atoms with Gasteiger partial charge in [0, 0.05) is 30.0 Å². The second kappa shape index (κ2) is 7.06. The highest BCUT2D eigenvalue weighted by atomic mass is 35.5. The lowest BCUT2D eigenvalue weighted by molar-refractivity contribution is 0.461. The average molecular weight is 392 g/mol. The Kier molecular flexibility index (Phi) is 4.40. The Hall–Kier alpha value is -2.66. The molecule has 0 amide bonds. The molecule has 0 bridgehead atoms. The van der Waals surface area contributed by atoms with Crippen LogP contribution in [0.4, 0.5) is 5.82 Å². The summed E-state index contributed by atoms with van der Waals surface area (Å²) in [4.78, 5) is 13.3. The molecule has 28 heavy (non-hydrogen) atoms. The largest absolute Gasteiger partial charge is 0.382 e. The number of aryl methyl sites for hydroxylation is 1. The van der Waals surface area contributed by atoms with E-state index < -0.39 is 0 Å². The van der Waals surface area contributed by atoms with Gasteiger partial charge in [0.2, 0.25) is 0 Å². The minimum Gasteiger partial charge on any atom is -0.382 e. The molecule has 2 N–H and O–H groups in total. The van der Waals surface area contributed by atoms with Crippen molar-refractivity contribution in [2.24, 2.45) is 5.92 Å². The van der Waals surface area contributed by atoms with Crippen molar-refractivity contribution in [2.45, 2.75) is 38.1 Å². The monoisotopic (exact) mass is 391 g/mol. The van der Waals surface area contributed by atoms with Gasteiger partial charge in [-0.3, -0.25) is 4.98 Å². The van der Waals surface area contributed by atoms with Gasteiger partial charge in [0.05, 0.1) is 10.5 Å². The van der Waals surface area contributed by atoms with Gasteiger partial charge in [0.1, 0.15) is 11.3 Å². The van der Waals surface area contributed by atoms with Crippen molar-refractivity contribution in [3.63, 3.8) is 0 Å². The standard InChI is InChI=1S/C22H22ClN5/c23-18-13-16-5-3-15(12-20(16)27-21(18)24)2-1-14-4-6-17(11-14)28-10-7-19-22(28)26-9-8-25-19/h3,5,7-10,12-14,17H,1-2,4,6,11H2,(H2,24,27). The van der Waals surface area contributed by atoms with Crippen LogP contribution in [0, 0.1) is 5.92 Å². The van der Waals surface area contributed by atoms with Gasteiger partial charge in [-0.1, -0.05) is 23.7 Å². The van der Waals surface area contributed by atoms with E-state index in [1.54, 1.807) is 12.4 Å². The predicted octanol–water partition coefficient (Wildman–Crippen LogP) is 5.19. The highest BCUT2D eigenvalue weighted by Crippen LogP contribution is 2.38. The smallest absolute Gasteiger partial charge is 0.158 e. The molecule has 0 spiro atoms. The zero-order valence-electron chi connectivity index (χ0n) is 15.6. The van der Waals surface area contributed by atoms with Crippen molar-refractivity contribution < 1.29 is 0 Å². The summed E-state index contributed by atoms with van der Waals surface area (Å²) < 4.78 is 2.31. The summed E-state index contributed by atoms with van der Waals surface area (Å²) in [5.41, 5.74) is 10.1. The first-order valence-corrected chi connectivity index (χ1v) is 10.2. The molecular weight excluding hydrogens is 370 g/mol. The maximum atomic E-state index is 6.07. The molecule has 5 rings (SSSR count). The molecule has 2 atom stereocenters. The molecule has 1 aliphatic rings. The van der Waals surface area contributed by atoms with E-state index in [0.29, 0.717) is 16.9 Å². The molecule has 5 nitrogen and oxygen atoms in total. The molecule has 6 heteroatoms. The number of aromatic nitrogens is 4. The van der Waals surface area contributed by atoms with E-state index in [0.717, 1.165) is 34.4 Å². The molecule has 1 aromatic carbocycles. The Morgan fingerprint density at radius 1 is 1.07 bits per heavy atom. The number of fused-ring (bicyclic) bond motifs is 2. The SMILES string of the molecule is Nc1nc2cc(CCC3CCC(n4ccc5nccnc54)C3)ccc2cc1Cl. The first-order chi connectivity index (χ1) is 13.7. The summed E-state index contributed by atoms with van der Waals surface area (Å²) in [6, 6.07) is 10.9. The minimum atomic E-state index is 0.395. The fraction of sp³-hybridized carbons (Fsp3) is 0.318. The third-order valence-corrected chi connectivity index (χ3v) is 6.26. The molecule has 1 aliphatic carbocycles. The van der Waals surface area contributed by atoms with Crippen LogP contribution in [-0.2, 0) is 6.42 Å². The second-order valence-corrected chi connectivity index (χ2v) is 8.15.